The van der Waals surface area contributed by atoms with Crippen molar-refractivity contribution in [3.63, 3.8) is 0 Å². The molecule has 2 aromatic rings. The van der Waals surface area contributed by atoms with Crippen LogP contribution in [0, 0.1) is 5.92 Å². The summed E-state index contributed by atoms with van der Waals surface area (Å²) in [6, 6.07) is 10.9. The summed E-state index contributed by atoms with van der Waals surface area (Å²) in [6.07, 6.45) is 2.07. The number of Topliss-reactive ketones (excluding diaryl/α,β-unsaturated/α-hetero) is 2. The Morgan fingerprint density at radius 3 is 2.19 bits per heavy atom. The zero-order valence-corrected chi connectivity index (χ0v) is 13.7. The minimum absolute atomic E-state index is 0. The van der Waals surface area contributed by atoms with E-state index in [1.54, 1.807) is 30.3 Å². The Labute approximate surface area is 172 Å². The molecule has 0 atom stereocenters. The second-order valence-electron chi connectivity index (χ2n) is 5.99. The van der Waals surface area contributed by atoms with Crippen molar-refractivity contribution < 1.29 is 22.6 Å². The third kappa shape index (κ3) is 3.06. The number of rotatable bonds is 2. The molecule has 6 nitrogen and oxygen atoms in total. The van der Waals surface area contributed by atoms with Crippen LogP contribution in [0.1, 0.15) is 26.3 Å². The molecule has 0 spiro atoms. The van der Waals surface area contributed by atoms with Gasteiger partial charge in [0.05, 0.1) is 4.90 Å². The van der Waals surface area contributed by atoms with Gasteiger partial charge < -0.3 is 5.32 Å². The van der Waals surface area contributed by atoms with Crippen LogP contribution < -0.4 is 5.32 Å². The fraction of sp³-hybridized carbons (Fsp3) is 0.111. The van der Waals surface area contributed by atoms with Gasteiger partial charge in [-0.1, -0.05) is 30.3 Å². The first-order valence-electron chi connectivity index (χ1n) is 7.61. The molecule has 128 valence electrons. The van der Waals surface area contributed by atoms with Gasteiger partial charge in [-0.15, -0.1) is 0 Å². The van der Waals surface area contributed by atoms with E-state index < -0.39 is 16.0 Å². The normalized spacial score (nSPS) is 16.3. The molecule has 8 heteroatoms. The van der Waals surface area contributed by atoms with Crippen LogP contribution in [0.3, 0.4) is 0 Å². The molecule has 4 rings (SSSR count). The van der Waals surface area contributed by atoms with E-state index in [0.717, 1.165) is 0 Å². The SMILES string of the molecule is O=C1c2ccccc2C(=O)C1C1=CCc2cc(S(=O)(=O)O)ccc2N1.[NaH]. The quantitative estimate of drug-likeness (QED) is 0.469. The van der Waals surface area contributed by atoms with E-state index in [9.17, 15) is 18.0 Å². The average Bonchev–Trinajstić information content (AvgIpc) is 2.85. The molecule has 2 N–H and O–H groups in total. The van der Waals surface area contributed by atoms with Gasteiger partial charge in [0, 0.05) is 22.5 Å². The summed E-state index contributed by atoms with van der Waals surface area (Å²) < 4.78 is 31.6. The summed E-state index contributed by atoms with van der Waals surface area (Å²) in [4.78, 5) is 25.0. The molecule has 0 saturated heterocycles. The number of ketones is 2. The first-order chi connectivity index (χ1) is 11.9. The number of carbonyl (C=O) groups excluding carboxylic acids is 2. The summed E-state index contributed by atoms with van der Waals surface area (Å²) in [6.45, 7) is 0. The Morgan fingerprint density at radius 2 is 1.62 bits per heavy atom. The maximum atomic E-state index is 12.6. The van der Waals surface area contributed by atoms with Crippen molar-refractivity contribution in [2.45, 2.75) is 11.3 Å². The molecule has 1 heterocycles. The van der Waals surface area contributed by atoms with Crippen molar-refractivity contribution in [1.82, 2.24) is 0 Å². The first kappa shape index (κ1) is 19.0. The van der Waals surface area contributed by atoms with Crippen molar-refractivity contribution in [2.24, 2.45) is 5.92 Å². The molecular formula is C18H14NNaO5S. The third-order valence-corrected chi connectivity index (χ3v) is 5.34. The molecule has 1 aliphatic carbocycles. The van der Waals surface area contributed by atoms with E-state index in [2.05, 4.69) is 5.32 Å². The summed E-state index contributed by atoms with van der Waals surface area (Å²) in [5.74, 6) is -1.37. The molecule has 26 heavy (non-hydrogen) atoms. The monoisotopic (exact) mass is 379 g/mol. The molecule has 1 aliphatic heterocycles. The molecular weight excluding hydrogens is 365 g/mol. The molecule has 2 aromatic carbocycles. The standard InChI is InChI=1S/C18H13NO5S.Na.H/c20-17-12-3-1-2-4-13(12)18(21)16(17)15-7-5-10-9-11(25(22,23)24)6-8-14(10)19-15;;/h1-4,6-9,16,19H,5H2,(H,22,23,24);;. The minimum atomic E-state index is -4.28. The molecule has 0 amide bonds. The summed E-state index contributed by atoms with van der Waals surface area (Å²) >= 11 is 0. The number of hydrogen-bond donors (Lipinski definition) is 2. The van der Waals surface area contributed by atoms with Gasteiger partial charge in [-0.2, -0.15) is 8.42 Å². The van der Waals surface area contributed by atoms with E-state index in [1.165, 1.54) is 18.2 Å². The van der Waals surface area contributed by atoms with E-state index >= 15 is 0 Å². The van der Waals surface area contributed by atoms with E-state index in [1.807, 2.05) is 0 Å². The second-order valence-corrected chi connectivity index (χ2v) is 7.41. The fourth-order valence-corrected chi connectivity index (χ4v) is 3.79. The van der Waals surface area contributed by atoms with Crippen molar-refractivity contribution >= 4 is 56.9 Å². The number of anilines is 1. The Balaban J connectivity index is 0.00000196. The molecule has 0 radical (unpaired) electrons. The molecule has 0 fully saturated rings. The number of nitrogens with one attached hydrogen (secondary N) is 1. The Kier molecular flexibility index (Phi) is 4.94. The van der Waals surface area contributed by atoms with Crippen molar-refractivity contribution in [2.75, 3.05) is 5.32 Å². The Bertz CT molecular complexity index is 1040. The Hall–Kier alpha value is -1.77. The summed E-state index contributed by atoms with van der Waals surface area (Å²) in [5, 5.41) is 3.06. The van der Waals surface area contributed by atoms with Crippen LogP contribution in [-0.2, 0) is 16.5 Å². The fourth-order valence-electron chi connectivity index (χ4n) is 3.26. The van der Waals surface area contributed by atoms with Crippen LogP contribution in [0.25, 0.3) is 0 Å². The van der Waals surface area contributed by atoms with Crippen LogP contribution in [0.2, 0.25) is 0 Å². The second kappa shape index (κ2) is 6.75. The number of hydrogen-bond acceptors (Lipinski definition) is 5. The van der Waals surface area contributed by atoms with Crippen LogP contribution in [0.4, 0.5) is 5.69 Å². The van der Waals surface area contributed by atoms with Gasteiger partial charge in [0.1, 0.15) is 5.92 Å². The van der Waals surface area contributed by atoms with Gasteiger partial charge in [-0.25, -0.2) is 0 Å². The first-order valence-corrected chi connectivity index (χ1v) is 9.05. The zero-order chi connectivity index (χ0) is 17.8. The predicted octanol–water partition coefficient (Wildman–Crippen LogP) is 1.83. The number of carbonyl (C=O) groups is 2. The van der Waals surface area contributed by atoms with Crippen LogP contribution in [0.5, 0.6) is 0 Å². The van der Waals surface area contributed by atoms with Gasteiger partial charge in [-0.3, -0.25) is 14.1 Å². The van der Waals surface area contributed by atoms with Gasteiger partial charge in [0.2, 0.25) is 0 Å². The molecule has 0 unspecified atom stereocenters. The van der Waals surface area contributed by atoms with Crippen molar-refractivity contribution in [1.29, 1.82) is 0 Å². The van der Waals surface area contributed by atoms with Gasteiger partial charge in [0.25, 0.3) is 10.1 Å². The zero-order valence-electron chi connectivity index (χ0n) is 12.9. The molecule has 0 bridgehead atoms. The molecule has 0 saturated carbocycles. The van der Waals surface area contributed by atoms with Crippen LogP contribution >= 0.6 is 0 Å². The van der Waals surface area contributed by atoms with Gasteiger partial charge in [0.15, 0.2) is 11.6 Å². The van der Waals surface area contributed by atoms with Crippen LogP contribution in [-0.4, -0.2) is 54.1 Å². The van der Waals surface area contributed by atoms with E-state index in [4.69, 9.17) is 4.55 Å². The summed E-state index contributed by atoms with van der Waals surface area (Å²) in [5.41, 5.74) is 2.62. The van der Waals surface area contributed by atoms with Crippen LogP contribution in [0.15, 0.2) is 59.1 Å². The molecule has 0 aromatic heterocycles. The van der Waals surface area contributed by atoms with Crippen molar-refractivity contribution in [3.8, 4) is 0 Å². The predicted molar refractivity (Wildman–Crippen MR) is 97.4 cm³/mol. The number of allylic oxidation sites excluding steroid dienone is 2. The number of benzene rings is 2. The van der Waals surface area contributed by atoms with Crippen molar-refractivity contribution in [3.05, 3.63) is 70.9 Å². The maximum absolute atomic E-state index is 12.6. The van der Waals surface area contributed by atoms with Gasteiger partial charge in [-0.05, 0) is 30.2 Å². The number of fused-ring (bicyclic) bond motifs is 2. The Morgan fingerprint density at radius 1 is 1.00 bits per heavy atom. The van der Waals surface area contributed by atoms with Gasteiger partial charge >= 0.3 is 29.6 Å². The summed E-state index contributed by atoms with van der Waals surface area (Å²) in [7, 11) is -4.28. The third-order valence-electron chi connectivity index (χ3n) is 4.49. The van der Waals surface area contributed by atoms with E-state index in [0.29, 0.717) is 34.5 Å². The topological polar surface area (TPSA) is 101 Å². The molecule has 2 aliphatic rings. The average molecular weight is 379 g/mol. The van der Waals surface area contributed by atoms with E-state index in [-0.39, 0.29) is 46.0 Å².